The van der Waals surface area contributed by atoms with Gasteiger partial charge in [0.1, 0.15) is 0 Å². The zero-order chi connectivity index (χ0) is 9.82. The van der Waals surface area contributed by atoms with Crippen LogP contribution in [-0.2, 0) is 4.74 Å². The van der Waals surface area contributed by atoms with Crippen LogP contribution >= 0.6 is 0 Å². The fraction of sp³-hybridized carbons (Fsp3) is 1.00. The molecule has 0 saturated carbocycles. The van der Waals surface area contributed by atoms with Crippen LogP contribution in [0, 0.1) is 0 Å². The Hall–Kier alpha value is -0.120. The highest BCUT2D eigenvalue weighted by Crippen LogP contribution is 1.88. The first-order valence-electron chi connectivity index (χ1n) is 4.56. The van der Waals surface area contributed by atoms with Gasteiger partial charge in [0, 0.05) is 13.2 Å². The number of aliphatic hydroxyl groups excluding tert-OH is 2. The molecule has 0 spiro atoms. The lowest BCUT2D eigenvalue weighted by molar-refractivity contribution is 0.0254. The van der Waals surface area contributed by atoms with Crippen LogP contribution in [0.2, 0.25) is 0 Å². The van der Waals surface area contributed by atoms with Gasteiger partial charge in [0.2, 0.25) is 0 Å². The third kappa shape index (κ3) is 16.5. The molecule has 0 aromatic carbocycles. The second-order valence-corrected chi connectivity index (χ2v) is 2.59. The molecule has 0 heterocycles. The van der Waals surface area contributed by atoms with E-state index in [-0.39, 0.29) is 12.7 Å². The maximum atomic E-state index is 8.44. The van der Waals surface area contributed by atoms with E-state index in [4.69, 9.17) is 14.9 Å². The normalized spacial score (nSPS) is 11.8. The van der Waals surface area contributed by atoms with Crippen LogP contribution in [0.25, 0.3) is 0 Å². The minimum atomic E-state index is 0.00921. The smallest absolute Gasteiger partial charge is 0.0777 e. The van der Waals surface area contributed by atoms with Crippen molar-refractivity contribution in [2.45, 2.75) is 39.7 Å². The molecule has 0 amide bonds. The Morgan fingerprint density at radius 3 is 1.92 bits per heavy atom. The first kappa shape index (κ1) is 14.4. The quantitative estimate of drug-likeness (QED) is 0.664. The van der Waals surface area contributed by atoms with Gasteiger partial charge in [-0.05, 0) is 19.8 Å². The standard InChI is InChI=1S/C6H14O2.C3H8O/c1-3-4-8-6(2)5-7;1-2-3-4/h6-7H,3-5H2,1-2H3;4H,2-3H2,1H3. The van der Waals surface area contributed by atoms with Crippen molar-refractivity contribution in [1.82, 2.24) is 0 Å². The molecule has 0 aliphatic heterocycles. The molecular weight excluding hydrogens is 156 g/mol. The van der Waals surface area contributed by atoms with Crippen molar-refractivity contribution in [2.75, 3.05) is 19.8 Å². The summed E-state index contributed by atoms with van der Waals surface area (Å²) in [7, 11) is 0. The summed E-state index contributed by atoms with van der Waals surface area (Å²) in [5.41, 5.74) is 0. The van der Waals surface area contributed by atoms with Crippen LogP contribution in [0.5, 0.6) is 0 Å². The van der Waals surface area contributed by atoms with E-state index in [0.29, 0.717) is 6.61 Å². The molecule has 0 saturated heterocycles. The lowest BCUT2D eigenvalue weighted by Crippen LogP contribution is -2.12. The van der Waals surface area contributed by atoms with Gasteiger partial charge in [-0.3, -0.25) is 0 Å². The number of hydrogen-bond donors (Lipinski definition) is 2. The van der Waals surface area contributed by atoms with Crippen molar-refractivity contribution in [3.05, 3.63) is 0 Å². The van der Waals surface area contributed by atoms with Gasteiger partial charge >= 0.3 is 0 Å². The molecule has 0 bridgehead atoms. The van der Waals surface area contributed by atoms with E-state index in [1.807, 2.05) is 20.8 Å². The lowest BCUT2D eigenvalue weighted by Gasteiger charge is -2.06. The minimum absolute atomic E-state index is 0.00921. The van der Waals surface area contributed by atoms with Crippen molar-refractivity contribution in [3.8, 4) is 0 Å². The van der Waals surface area contributed by atoms with Crippen molar-refractivity contribution in [1.29, 1.82) is 0 Å². The van der Waals surface area contributed by atoms with E-state index in [0.717, 1.165) is 19.4 Å². The molecule has 2 N–H and O–H groups in total. The van der Waals surface area contributed by atoms with Crippen LogP contribution in [-0.4, -0.2) is 36.1 Å². The average molecular weight is 178 g/mol. The van der Waals surface area contributed by atoms with E-state index < -0.39 is 0 Å². The molecule has 1 atom stereocenters. The predicted octanol–water partition coefficient (Wildman–Crippen LogP) is 1.18. The molecule has 3 nitrogen and oxygen atoms in total. The Labute approximate surface area is 75.4 Å². The fourth-order valence-electron chi connectivity index (χ4n) is 0.372. The number of ether oxygens (including phenoxy) is 1. The van der Waals surface area contributed by atoms with Gasteiger partial charge in [-0.25, -0.2) is 0 Å². The van der Waals surface area contributed by atoms with Gasteiger partial charge in [0.15, 0.2) is 0 Å². The number of aliphatic hydroxyl groups is 2. The summed E-state index contributed by atoms with van der Waals surface area (Å²) >= 11 is 0. The second-order valence-electron chi connectivity index (χ2n) is 2.59. The van der Waals surface area contributed by atoms with Crippen LogP contribution in [0.15, 0.2) is 0 Å². The third-order valence-corrected chi connectivity index (χ3v) is 1.09. The zero-order valence-electron chi connectivity index (χ0n) is 8.42. The summed E-state index contributed by atoms with van der Waals surface area (Å²) < 4.78 is 5.09. The van der Waals surface area contributed by atoms with Crippen LogP contribution < -0.4 is 0 Å². The van der Waals surface area contributed by atoms with E-state index in [2.05, 4.69) is 0 Å². The molecule has 76 valence electrons. The highest BCUT2D eigenvalue weighted by molar-refractivity contribution is 4.42. The Kier molecular flexibility index (Phi) is 16.2. The first-order valence-corrected chi connectivity index (χ1v) is 4.56. The van der Waals surface area contributed by atoms with Crippen molar-refractivity contribution in [2.24, 2.45) is 0 Å². The van der Waals surface area contributed by atoms with E-state index in [1.165, 1.54) is 0 Å². The van der Waals surface area contributed by atoms with Gasteiger partial charge in [-0.1, -0.05) is 13.8 Å². The van der Waals surface area contributed by atoms with Crippen LogP contribution in [0.4, 0.5) is 0 Å². The Morgan fingerprint density at radius 2 is 1.67 bits per heavy atom. The highest BCUT2D eigenvalue weighted by atomic mass is 16.5. The molecule has 0 aromatic heterocycles. The first-order chi connectivity index (χ1) is 5.72. The predicted molar refractivity (Wildman–Crippen MR) is 50.2 cm³/mol. The van der Waals surface area contributed by atoms with E-state index in [1.54, 1.807) is 0 Å². The van der Waals surface area contributed by atoms with Gasteiger partial charge in [-0.15, -0.1) is 0 Å². The van der Waals surface area contributed by atoms with Crippen molar-refractivity contribution >= 4 is 0 Å². The van der Waals surface area contributed by atoms with E-state index >= 15 is 0 Å². The van der Waals surface area contributed by atoms with Gasteiger partial charge in [-0.2, -0.15) is 0 Å². The fourth-order valence-corrected chi connectivity index (χ4v) is 0.372. The molecule has 3 heteroatoms. The topological polar surface area (TPSA) is 49.7 Å². The molecule has 0 aliphatic carbocycles. The molecule has 0 rings (SSSR count). The molecule has 0 aromatic rings. The largest absolute Gasteiger partial charge is 0.396 e. The summed E-state index contributed by atoms with van der Waals surface area (Å²) in [6.45, 7) is 7.03. The van der Waals surface area contributed by atoms with Crippen molar-refractivity contribution in [3.63, 3.8) is 0 Å². The van der Waals surface area contributed by atoms with Crippen LogP contribution in [0.3, 0.4) is 0 Å². The minimum Gasteiger partial charge on any atom is -0.396 e. The Bertz CT molecular complexity index is 64.8. The van der Waals surface area contributed by atoms with Crippen LogP contribution in [0.1, 0.15) is 33.6 Å². The number of hydrogen-bond acceptors (Lipinski definition) is 3. The number of rotatable bonds is 5. The van der Waals surface area contributed by atoms with Gasteiger partial charge in [0.05, 0.1) is 12.7 Å². The molecule has 0 fully saturated rings. The van der Waals surface area contributed by atoms with Crippen molar-refractivity contribution < 1.29 is 14.9 Å². The lowest BCUT2D eigenvalue weighted by atomic mass is 10.4. The van der Waals surface area contributed by atoms with Gasteiger partial charge in [0.25, 0.3) is 0 Å². The summed E-state index contributed by atoms with van der Waals surface area (Å²) in [4.78, 5) is 0. The summed E-state index contributed by atoms with van der Waals surface area (Å²) in [5.74, 6) is 0. The molecule has 12 heavy (non-hydrogen) atoms. The summed E-state index contributed by atoms with van der Waals surface area (Å²) in [6, 6.07) is 0. The highest BCUT2D eigenvalue weighted by Gasteiger charge is 1.95. The average Bonchev–Trinajstić information content (AvgIpc) is 2.14. The zero-order valence-corrected chi connectivity index (χ0v) is 8.42. The third-order valence-electron chi connectivity index (χ3n) is 1.09. The van der Waals surface area contributed by atoms with Gasteiger partial charge < -0.3 is 14.9 Å². The molecular formula is C9H22O3. The maximum absolute atomic E-state index is 8.44. The van der Waals surface area contributed by atoms with E-state index in [9.17, 15) is 0 Å². The maximum Gasteiger partial charge on any atom is 0.0777 e. The molecule has 0 aliphatic rings. The molecule has 1 unspecified atom stereocenters. The SMILES string of the molecule is CCCO.CCCOC(C)CO. The summed E-state index contributed by atoms with van der Waals surface area (Å²) in [6.07, 6.45) is 1.90. The Morgan fingerprint density at radius 1 is 1.17 bits per heavy atom. The Balaban J connectivity index is 0. The monoisotopic (exact) mass is 178 g/mol. The summed E-state index contributed by atoms with van der Waals surface area (Å²) in [5, 5.41) is 16.3. The second kappa shape index (κ2) is 13.5. The molecule has 0 radical (unpaired) electrons.